The zero-order chi connectivity index (χ0) is 20.5. The summed E-state index contributed by atoms with van der Waals surface area (Å²) < 4.78 is 28.7. The molecule has 1 aromatic heterocycles. The van der Waals surface area contributed by atoms with Gasteiger partial charge in [0.15, 0.2) is 5.88 Å². The van der Waals surface area contributed by atoms with E-state index in [0.29, 0.717) is 43.1 Å². The molecule has 0 radical (unpaired) electrons. The molecule has 1 amide bonds. The number of rotatable bonds is 3. The Morgan fingerprint density at radius 3 is 2.59 bits per heavy atom. The number of fused-ring (bicyclic) bond motifs is 1. The summed E-state index contributed by atoms with van der Waals surface area (Å²) in [6, 6.07) is 9.09. The summed E-state index contributed by atoms with van der Waals surface area (Å²) in [4.78, 5) is 21.9. The van der Waals surface area contributed by atoms with Gasteiger partial charge in [-0.3, -0.25) is 9.79 Å². The van der Waals surface area contributed by atoms with E-state index >= 15 is 0 Å². The maximum absolute atomic E-state index is 14.6. The first-order chi connectivity index (χ1) is 13.9. The standard InChI is InChI=1S/C21H20F2N4O2/c1-13(28)26-7-9-27(10-8-26)19-6-5-14(11-17(19)23)24-12-15-20-16(22)3-2-4-18(20)25-21(15)29/h2-6,11-12,25,29H,7-10H2,1H3. The average Bonchev–Trinajstić information content (AvgIpc) is 3.03. The van der Waals surface area contributed by atoms with Crippen molar-refractivity contribution in [3.63, 3.8) is 0 Å². The highest BCUT2D eigenvalue weighted by molar-refractivity contribution is 6.02. The Morgan fingerprint density at radius 2 is 1.90 bits per heavy atom. The van der Waals surface area contributed by atoms with Gasteiger partial charge in [-0.15, -0.1) is 0 Å². The molecule has 1 aliphatic rings. The van der Waals surface area contributed by atoms with Crippen LogP contribution in [0.25, 0.3) is 10.9 Å². The van der Waals surface area contributed by atoms with Crippen molar-refractivity contribution in [2.45, 2.75) is 6.92 Å². The number of aromatic hydroxyl groups is 1. The van der Waals surface area contributed by atoms with Gasteiger partial charge in [-0.2, -0.15) is 0 Å². The van der Waals surface area contributed by atoms with Crippen molar-refractivity contribution in [3.8, 4) is 5.88 Å². The smallest absolute Gasteiger partial charge is 0.219 e. The largest absolute Gasteiger partial charge is 0.494 e. The summed E-state index contributed by atoms with van der Waals surface area (Å²) in [5.41, 5.74) is 1.46. The predicted molar refractivity (Wildman–Crippen MR) is 108 cm³/mol. The van der Waals surface area contributed by atoms with Crippen LogP contribution in [0.15, 0.2) is 41.4 Å². The second-order valence-electron chi connectivity index (χ2n) is 6.94. The minimum Gasteiger partial charge on any atom is -0.494 e. The van der Waals surface area contributed by atoms with Crippen LogP contribution in [0.3, 0.4) is 0 Å². The Morgan fingerprint density at radius 1 is 1.14 bits per heavy atom. The molecule has 1 saturated heterocycles. The third-order valence-corrected chi connectivity index (χ3v) is 5.13. The van der Waals surface area contributed by atoms with Gasteiger partial charge in [0, 0.05) is 50.8 Å². The molecule has 3 aromatic rings. The molecule has 6 nitrogen and oxygen atoms in total. The molecule has 0 saturated carbocycles. The lowest BCUT2D eigenvalue weighted by Crippen LogP contribution is -2.48. The highest BCUT2D eigenvalue weighted by Gasteiger charge is 2.21. The molecule has 2 heterocycles. The maximum Gasteiger partial charge on any atom is 0.219 e. The lowest BCUT2D eigenvalue weighted by atomic mass is 10.1. The van der Waals surface area contributed by atoms with Crippen LogP contribution >= 0.6 is 0 Å². The highest BCUT2D eigenvalue weighted by atomic mass is 19.1. The van der Waals surface area contributed by atoms with Crippen molar-refractivity contribution >= 4 is 34.4 Å². The molecule has 2 aromatic carbocycles. The molecule has 2 N–H and O–H groups in total. The van der Waals surface area contributed by atoms with Gasteiger partial charge in [0.05, 0.1) is 22.5 Å². The zero-order valence-electron chi connectivity index (χ0n) is 15.8. The number of aliphatic imine (C=N–C) groups is 1. The third kappa shape index (κ3) is 3.65. The fraction of sp³-hybridized carbons (Fsp3) is 0.238. The molecule has 0 unspecified atom stereocenters. The van der Waals surface area contributed by atoms with E-state index in [4.69, 9.17) is 0 Å². The Bertz CT molecular complexity index is 1100. The van der Waals surface area contributed by atoms with E-state index in [0.717, 1.165) is 0 Å². The van der Waals surface area contributed by atoms with Crippen LogP contribution in [0.1, 0.15) is 12.5 Å². The van der Waals surface area contributed by atoms with Crippen LogP contribution < -0.4 is 4.90 Å². The Kier molecular flexibility index (Phi) is 4.92. The molecular formula is C21H20F2N4O2. The number of nitrogens with one attached hydrogen (secondary N) is 1. The van der Waals surface area contributed by atoms with Gasteiger partial charge in [-0.05, 0) is 24.3 Å². The first kappa shape index (κ1) is 18.9. The highest BCUT2D eigenvalue weighted by Crippen LogP contribution is 2.29. The minimum absolute atomic E-state index is 0.0202. The third-order valence-electron chi connectivity index (χ3n) is 5.13. The first-order valence-corrected chi connectivity index (χ1v) is 9.27. The Balaban J connectivity index is 1.55. The molecule has 1 aliphatic heterocycles. The summed E-state index contributed by atoms with van der Waals surface area (Å²) in [6.45, 7) is 3.75. The van der Waals surface area contributed by atoms with Gasteiger partial charge < -0.3 is 19.9 Å². The second-order valence-corrected chi connectivity index (χ2v) is 6.94. The van der Waals surface area contributed by atoms with Crippen LogP contribution in [0, 0.1) is 11.6 Å². The van der Waals surface area contributed by atoms with E-state index < -0.39 is 11.6 Å². The van der Waals surface area contributed by atoms with Crippen LogP contribution in [0.4, 0.5) is 20.2 Å². The topological polar surface area (TPSA) is 71.9 Å². The number of benzene rings is 2. The number of carbonyl (C=O) groups is 1. The molecule has 0 spiro atoms. The van der Waals surface area contributed by atoms with E-state index in [2.05, 4.69) is 9.98 Å². The molecule has 150 valence electrons. The van der Waals surface area contributed by atoms with Crippen molar-refractivity contribution in [1.82, 2.24) is 9.88 Å². The molecule has 1 fully saturated rings. The molecule has 0 atom stereocenters. The van der Waals surface area contributed by atoms with E-state index in [1.54, 1.807) is 29.2 Å². The molecular weight excluding hydrogens is 378 g/mol. The van der Waals surface area contributed by atoms with E-state index in [1.807, 2.05) is 4.90 Å². The predicted octanol–water partition coefficient (Wildman–Crippen LogP) is 3.57. The fourth-order valence-corrected chi connectivity index (χ4v) is 3.57. The molecule has 0 bridgehead atoms. The summed E-state index contributed by atoms with van der Waals surface area (Å²) in [7, 11) is 0. The van der Waals surface area contributed by atoms with Gasteiger partial charge in [-0.25, -0.2) is 8.78 Å². The van der Waals surface area contributed by atoms with Crippen LogP contribution in [0.5, 0.6) is 5.88 Å². The molecule has 8 heteroatoms. The Labute approximate surface area is 166 Å². The summed E-state index contributed by atoms with van der Waals surface area (Å²) in [5.74, 6) is -1.09. The summed E-state index contributed by atoms with van der Waals surface area (Å²) in [6.07, 6.45) is 1.32. The van der Waals surface area contributed by atoms with Crippen molar-refractivity contribution < 1.29 is 18.7 Å². The van der Waals surface area contributed by atoms with E-state index in [-0.39, 0.29) is 22.7 Å². The number of amides is 1. The van der Waals surface area contributed by atoms with Gasteiger partial charge in [0.1, 0.15) is 11.6 Å². The number of piperazine rings is 1. The van der Waals surface area contributed by atoms with Gasteiger partial charge >= 0.3 is 0 Å². The fourth-order valence-electron chi connectivity index (χ4n) is 3.57. The SMILES string of the molecule is CC(=O)N1CCN(c2ccc(N=Cc3c(O)[nH]c4cccc(F)c34)cc2F)CC1. The maximum atomic E-state index is 14.6. The van der Waals surface area contributed by atoms with Gasteiger partial charge in [0.2, 0.25) is 5.91 Å². The number of H-pyrrole nitrogens is 1. The van der Waals surface area contributed by atoms with Crippen molar-refractivity contribution in [2.75, 3.05) is 31.1 Å². The van der Waals surface area contributed by atoms with Crippen molar-refractivity contribution in [3.05, 3.63) is 53.6 Å². The first-order valence-electron chi connectivity index (χ1n) is 9.27. The lowest BCUT2D eigenvalue weighted by molar-refractivity contribution is -0.129. The monoisotopic (exact) mass is 398 g/mol. The lowest BCUT2D eigenvalue weighted by Gasteiger charge is -2.35. The molecule has 4 rings (SSSR count). The number of hydrogen-bond acceptors (Lipinski definition) is 4. The number of aromatic amines is 1. The average molecular weight is 398 g/mol. The van der Waals surface area contributed by atoms with E-state index in [9.17, 15) is 18.7 Å². The van der Waals surface area contributed by atoms with E-state index in [1.165, 1.54) is 25.3 Å². The van der Waals surface area contributed by atoms with Crippen LogP contribution in [-0.4, -0.2) is 53.3 Å². The number of hydrogen-bond donors (Lipinski definition) is 2. The number of nitrogens with zero attached hydrogens (tertiary/aromatic N) is 3. The van der Waals surface area contributed by atoms with Gasteiger partial charge in [-0.1, -0.05) is 6.07 Å². The van der Waals surface area contributed by atoms with Crippen LogP contribution in [-0.2, 0) is 4.79 Å². The number of carbonyl (C=O) groups excluding carboxylic acids is 1. The van der Waals surface area contributed by atoms with Crippen molar-refractivity contribution in [2.24, 2.45) is 4.99 Å². The van der Waals surface area contributed by atoms with Crippen molar-refractivity contribution in [1.29, 1.82) is 0 Å². The number of halogens is 2. The Hall–Kier alpha value is -3.42. The van der Waals surface area contributed by atoms with Crippen LogP contribution in [0.2, 0.25) is 0 Å². The zero-order valence-corrected chi connectivity index (χ0v) is 15.8. The molecule has 0 aliphatic carbocycles. The summed E-state index contributed by atoms with van der Waals surface area (Å²) >= 11 is 0. The number of aromatic nitrogens is 1. The second kappa shape index (κ2) is 7.54. The minimum atomic E-state index is -0.480. The summed E-state index contributed by atoms with van der Waals surface area (Å²) in [5, 5.41) is 10.3. The molecule has 29 heavy (non-hydrogen) atoms. The van der Waals surface area contributed by atoms with Gasteiger partial charge in [0.25, 0.3) is 0 Å². The number of anilines is 1. The normalized spacial score (nSPS) is 14.9. The quantitative estimate of drug-likeness (QED) is 0.663.